The molecule has 31 heavy (non-hydrogen) atoms. The van der Waals surface area contributed by atoms with Gasteiger partial charge in [-0.15, -0.1) is 0 Å². The predicted molar refractivity (Wildman–Crippen MR) is 121 cm³/mol. The number of hydrogen-bond donors (Lipinski definition) is 1. The highest BCUT2D eigenvalue weighted by Gasteiger charge is 2.42. The molecule has 0 aliphatic carbocycles. The third kappa shape index (κ3) is 4.20. The van der Waals surface area contributed by atoms with E-state index in [2.05, 4.69) is 43.3 Å². The molecule has 0 saturated heterocycles. The number of nitrogen functional groups attached to an aromatic ring is 1. The number of halogens is 1. The molecule has 0 spiro atoms. The van der Waals surface area contributed by atoms with Crippen LogP contribution in [-0.4, -0.2) is 31.7 Å². The number of nitrogens with two attached hydrogens (primary N) is 1. The van der Waals surface area contributed by atoms with Crippen molar-refractivity contribution in [2.45, 2.75) is 46.1 Å². The maximum Gasteiger partial charge on any atom is 0.247 e. The Labute approximate surface area is 186 Å². The average molecular weight is 437 g/mol. The van der Waals surface area contributed by atoms with Gasteiger partial charge in [0.15, 0.2) is 5.78 Å². The molecule has 3 aromatic rings. The zero-order valence-corrected chi connectivity index (χ0v) is 19.4. The van der Waals surface area contributed by atoms with Crippen molar-refractivity contribution in [1.82, 2.24) is 9.78 Å². The van der Waals surface area contributed by atoms with Crippen LogP contribution in [0.1, 0.15) is 62.0 Å². The summed E-state index contributed by atoms with van der Waals surface area (Å²) in [5.41, 5.74) is 7.91. The number of hydrogen-bond acceptors (Lipinski definition) is 4. The molecule has 2 aromatic carbocycles. The summed E-state index contributed by atoms with van der Waals surface area (Å²) in [6, 6.07) is 13.2. The summed E-state index contributed by atoms with van der Waals surface area (Å²) in [5, 5.41) is 4.23. The molecule has 0 aliphatic rings. The molecular weight excluding hydrogens is 409 g/mol. The standard InChI is InChI=1S/C24H27FN3O2Si/c1-15(24(5,30-31)23(2,3)4)16-7-6-8-17(13-16)21(29)20-14-27-28(22(20)26)19-11-9-18(25)10-12-19/h6-15H,26H2,1-5H3. The summed E-state index contributed by atoms with van der Waals surface area (Å²) in [5.74, 6) is -0.377. The lowest BCUT2D eigenvalue weighted by molar-refractivity contribution is -0.0301. The summed E-state index contributed by atoms with van der Waals surface area (Å²) in [4.78, 5) is 13.2. The minimum absolute atomic E-state index is 0.00275. The molecule has 7 heteroatoms. The number of rotatable bonds is 6. The van der Waals surface area contributed by atoms with E-state index in [-0.39, 0.29) is 28.8 Å². The highest BCUT2D eigenvalue weighted by molar-refractivity contribution is 6.11. The van der Waals surface area contributed by atoms with Crippen molar-refractivity contribution >= 4 is 22.1 Å². The number of nitrogens with zero attached hydrogens (tertiary/aromatic N) is 2. The zero-order chi connectivity index (χ0) is 23.0. The highest BCUT2D eigenvalue weighted by Crippen LogP contribution is 2.43. The van der Waals surface area contributed by atoms with Gasteiger partial charge in [0.25, 0.3) is 0 Å². The Morgan fingerprint density at radius 1 is 1.16 bits per heavy atom. The van der Waals surface area contributed by atoms with Crippen molar-refractivity contribution in [2.75, 3.05) is 5.73 Å². The first kappa shape index (κ1) is 22.9. The second-order valence-electron chi connectivity index (χ2n) is 8.97. The summed E-state index contributed by atoms with van der Waals surface area (Å²) in [6.07, 6.45) is 1.44. The first-order valence-corrected chi connectivity index (χ1v) is 10.5. The Morgan fingerprint density at radius 2 is 1.81 bits per heavy atom. The van der Waals surface area contributed by atoms with Crippen LogP contribution in [0.5, 0.6) is 0 Å². The normalized spacial score (nSPS) is 14.8. The van der Waals surface area contributed by atoms with E-state index in [0.717, 1.165) is 5.56 Å². The summed E-state index contributed by atoms with van der Waals surface area (Å²) in [6.45, 7) is 10.5. The molecule has 2 N–H and O–H groups in total. The van der Waals surface area contributed by atoms with Crippen LogP contribution in [0.15, 0.2) is 54.7 Å². The summed E-state index contributed by atoms with van der Waals surface area (Å²) >= 11 is 0. The molecule has 0 bridgehead atoms. The molecule has 0 amide bonds. The quantitative estimate of drug-likeness (QED) is 0.444. The fraction of sp³-hybridized carbons (Fsp3) is 0.333. The number of carbonyl (C=O) groups is 1. The van der Waals surface area contributed by atoms with Crippen LogP contribution in [0.3, 0.4) is 0 Å². The largest absolute Gasteiger partial charge is 0.412 e. The van der Waals surface area contributed by atoms with E-state index in [9.17, 15) is 9.18 Å². The van der Waals surface area contributed by atoms with E-state index in [1.54, 1.807) is 18.2 Å². The van der Waals surface area contributed by atoms with Gasteiger partial charge >= 0.3 is 0 Å². The molecule has 3 rings (SSSR count). The number of aromatic nitrogens is 2. The second-order valence-corrected chi connectivity index (χ2v) is 9.17. The van der Waals surface area contributed by atoms with Crippen molar-refractivity contribution in [2.24, 2.45) is 5.41 Å². The van der Waals surface area contributed by atoms with Crippen LogP contribution >= 0.6 is 0 Å². The van der Waals surface area contributed by atoms with Gasteiger partial charge < -0.3 is 10.2 Å². The minimum Gasteiger partial charge on any atom is -0.412 e. The molecule has 5 nitrogen and oxygen atoms in total. The van der Waals surface area contributed by atoms with Crippen LogP contribution in [0.4, 0.5) is 10.2 Å². The maximum absolute atomic E-state index is 13.2. The van der Waals surface area contributed by atoms with Crippen LogP contribution < -0.4 is 5.73 Å². The lowest BCUT2D eigenvalue weighted by atomic mass is 9.68. The van der Waals surface area contributed by atoms with Gasteiger partial charge in [0.2, 0.25) is 10.5 Å². The van der Waals surface area contributed by atoms with Gasteiger partial charge in [0, 0.05) is 11.5 Å². The Morgan fingerprint density at radius 3 is 2.39 bits per heavy atom. The lowest BCUT2D eigenvalue weighted by Gasteiger charge is -2.46. The van der Waals surface area contributed by atoms with Crippen LogP contribution in [0.2, 0.25) is 0 Å². The van der Waals surface area contributed by atoms with Gasteiger partial charge in [-0.05, 0) is 48.2 Å². The van der Waals surface area contributed by atoms with Gasteiger partial charge in [0.05, 0.1) is 23.0 Å². The second kappa shape index (κ2) is 8.40. The molecule has 2 unspecified atom stereocenters. The summed E-state index contributed by atoms with van der Waals surface area (Å²) < 4.78 is 20.4. The maximum atomic E-state index is 13.2. The van der Waals surface area contributed by atoms with E-state index >= 15 is 0 Å². The van der Waals surface area contributed by atoms with Crippen LogP contribution in [-0.2, 0) is 4.43 Å². The SMILES string of the molecule is CC(c1cccc(C(=O)c2cnn(-c3ccc(F)cc3)c2N)c1)C(C)(O[Si])C(C)(C)C. The molecular formula is C24H27FN3O2Si. The molecule has 0 saturated carbocycles. The predicted octanol–water partition coefficient (Wildman–Crippen LogP) is 4.83. The molecule has 0 fully saturated rings. The number of anilines is 1. The van der Waals surface area contributed by atoms with E-state index in [1.165, 1.54) is 23.0 Å². The first-order chi connectivity index (χ1) is 14.5. The molecule has 1 aromatic heterocycles. The topological polar surface area (TPSA) is 70.1 Å². The van der Waals surface area contributed by atoms with Crippen molar-refractivity contribution in [3.8, 4) is 5.69 Å². The van der Waals surface area contributed by atoms with Crippen molar-refractivity contribution < 1.29 is 13.6 Å². The lowest BCUT2D eigenvalue weighted by Crippen LogP contribution is -2.46. The average Bonchev–Trinajstić information content (AvgIpc) is 3.13. The fourth-order valence-corrected chi connectivity index (χ4v) is 4.12. The Kier molecular flexibility index (Phi) is 6.20. The van der Waals surface area contributed by atoms with E-state index in [4.69, 9.17) is 10.2 Å². The minimum atomic E-state index is -0.516. The fourth-order valence-electron chi connectivity index (χ4n) is 3.63. The summed E-state index contributed by atoms with van der Waals surface area (Å²) in [7, 11) is 3.27. The molecule has 1 heterocycles. The Hall–Kier alpha value is -2.77. The Balaban J connectivity index is 1.95. The number of ketones is 1. The third-order valence-electron chi connectivity index (χ3n) is 6.30. The first-order valence-electron chi connectivity index (χ1n) is 10.1. The molecule has 161 valence electrons. The molecule has 0 aliphatic heterocycles. The van der Waals surface area contributed by atoms with Gasteiger partial charge in [-0.1, -0.05) is 45.9 Å². The highest BCUT2D eigenvalue weighted by atomic mass is 28.2. The zero-order valence-electron chi connectivity index (χ0n) is 18.4. The van der Waals surface area contributed by atoms with E-state index in [0.29, 0.717) is 16.8 Å². The molecule has 2 atom stereocenters. The monoisotopic (exact) mass is 436 g/mol. The van der Waals surface area contributed by atoms with Gasteiger partial charge in [-0.25, -0.2) is 9.07 Å². The van der Waals surface area contributed by atoms with Gasteiger partial charge in [-0.2, -0.15) is 5.10 Å². The smallest absolute Gasteiger partial charge is 0.247 e. The number of carbonyl (C=O) groups excluding carboxylic acids is 1. The van der Waals surface area contributed by atoms with Crippen molar-refractivity contribution in [3.05, 3.63) is 77.2 Å². The van der Waals surface area contributed by atoms with E-state index < -0.39 is 5.60 Å². The van der Waals surface area contributed by atoms with Crippen LogP contribution in [0.25, 0.3) is 5.69 Å². The van der Waals surface area contributed by atoms with Crippen molar-refractivity contribution in [1.29, 1.82) is 0 Å². The molecule has 3 radical (unpaired) electrons. The number of benzene rings is 2. The van der Waals surface area contributed by atoms with Gasteiger partial charge in [0.1, 0.15) is 11.6 Å². The Bertz CT molecular complexity index is 1090. The van der Waals surface area contributed by atoms with Gasteiger partial charge in [-0.3, -0.25) is 4.79 Å². The van der Waals surface area contributed by atoms with Crippen molar-refractivity contribution in [3.63, 3.8) is 0 Å². The van der Waals surface area contributed by atoms with Crippen LogP contribution in [0, 0.1) is 11.2 Å². The van der Waals surface area contributed by atoms with E-state index in [1.807, 2.05) is 25.1 Å². The third-order valence-corrected chi connectivity index (χ3v) is 6.72.